The fourth-order valence-electron chi connectivity index (χ4n) is 2.22. The fourth-order valence-corrected chi connectivity index (χ4v) is 2.53. The molecule has 1 amide bonds. The molecular weight excluding hydrogens is 351 g/mol. The maximum absolute atomic E-state index is 14.0. The van der Waals surface area contributed by atoms with E-state index in [9.17, 15) is 14.3 Å². The normalized spacial score (nSPS) is 10.5. The second-order valence-corrected chi connectivity index (χ2v) is 5.84. The largest absolute Gasteiger partial charge is 0.504 e. The van der Waals surface area contributed by atoms with E-state index in [-0.39, 0.29) is 11.7 Å². The molecule has 0 fully saturated rings. The molecule has 0 aliphatic rings. The standard InChI is InChI=1S/C16H16BrFN2O2/c1-9-15(20-10(2)21)12(7-8-19-9)4-3-11-5-6-13(17)16(22)14(11)18/h5-8,22H,3-4H2,1-2H3,(H,20,21). The third-order valence-corrected chi connectivity index (χ3v) is 3.98. The van der Waals surface area contributed by atoms with Gasteiger partial charge in [-0.1, -0.05) is 6.07 Å². The summed E-state index contributed by atoms with van der Waals surface area (Å²) in [6.07, 6.45) is 2.59. The molecule has 0 bridgehead atoms. The lowest BCUT2D eigenvalue weighted by Gasteiger charge is -2.13. The number of aromatic hydroxyl groups is 1. The van der Waals surface area contributed by atoms with E-state index >= 15 is 0 Å². The predicted octanol–water partition coefficient (Wildman–Crippen LogP) is 3.74. The molecular formula is C16H16BrFN2O2. The number of rotatable bonds is 4. The third-order valence-electron chi connectivity index (χ3n) is 3.34. The second kappa shape index (κ2) is 6.87. The fraction of sp³-hybridized carbons (Fsp3) is 0.250. The van der Waals surface area contributed by atoms with Gasteiger partial charge >= 0.3 is 0 Å². The van der Waals surface area contributed by atoms with Crippen molar-refractivity contribution in [3.8, 4) is 5.75 Å². The number of amides is 1. The van der Waals surface area contributed by atoms with Crippen LogP contribution in [0.25, 0.3) is 0 Å². The van der Waals surface area contributed by atoms with Crippen LogP contribution in [0.15, 0.2) is 28.9 Å². The molecule has 0 radical (unpaired) electrons. The highest BCUT2D eigenvalue weighted by molar-refractivity contribution is 9.10. The Bertz CT molecular complexity index is 720. The lowest BCUT2D eigenvalue weighted by atomic mass is 10.0. The second-order valence-electron chi connectivity index (χ2n) is 4.98. The number of carbonyl (C=O) groups is 1. The Balaban J connectivity index is 2.24. The van der Waals surface area contributed by atoms with Crippen molar-refractivity contribution in [3.05, 3.63) is 51.5 Å². The van der Waals surface area contributed by atoms with Crippen LogP contribution in [0.4, 0.5) is 10.1 Å². The Morgan fingerprint density at radius 1 is 1.32 bits per heavy atom. The molecule has 0 unspecified atom stereocenters. The van der Waals surface area contributed by atoms with E-state index in [1.165, 1.54) is 6.92 Å². The quantitative estimate of drug-likeness (QED) is 0.866. The van der Waals surface area contributed by atoms with E-state index in [0.29, 0.717) is 34.3 Å². The van der Waals surface area contributed by atoms with Gasteiger partial charge in [0.2, 0.25) is 5.91 Å². The number of hydrogen-bond donors (Lipinski definition) is 2. The number of carbonyl (C=O) groups excluding carboxylic acids is 1. The van der Waals surface area contributed by atoms with Crippen molar-refractivity contribution < 1.29 is 14.3 Å². The number of benzene rings is 1. The van der Waals surface area contributed by atoms with Crippen LogP contribution in [-0.2, 0) is 17.6 Å². The first-order valence-corrected chi connectivity index (χ1v) is 7.57. The van der Waals surface area contributed by atoms with Crippen LogP contribution >= 0.6 is 15.9 Å². The van der Waals surface area contributed by atoms with Crippen LogP contribution in [0.2, 0.25) is 0 Å². The van der Waals surface area contributed by atoms with Crippen molar-refractivity contribution in [1.29, 1.82) is 0 Å². The average molecular weight is 367 g/mol. The Hall–Kier alpha value is -1.95. The molecule has 6 heteroatoms. The van der Waals surface area contributed by atoms with E-state index < -0.39 is 5.82 Å². The number of aromatic nitrogens is 1. The van der Waals surface area contributed by atoms with E-state index in [0.717, 1.165) is 5.56 Å². The molecule has 22 heavy (non-hydrogen) atoms. The summed E-state index contributed by atoms with van der Waals surface area (Å²) in [6, 6.07) is 5.04. The Morgan fingerprint density at radius 2 is 2.00 bits per heavy atom. The number of halogens is 2. The summed E-state index contributed by atoms with van der Waals surface area (Å²) in [6.45, 7) is 3.24. The maximum atomic E-state index is 14.0. The number of nitrogens with zero attached hydrogens (tertiary/aromatic N) is 1. The van der Waals surface area contributed by atoms with Gasteiger partial charge in [0, 0.05) is 13.1 Å². The Kier molecular flexibility index (Phi) is 5.13. The molecule has 1 aromatic heterocycles. The van der Waals surface area contributed by atoms with Crippen molar-refractivity contribution in [2.45, 2.75) is 26.7 Å². The molecule has 116 valence electrons. The van der Waals surface area contributed by atoms with Gasteiger partial charge < -0.3 is 10.4 Å². The average Bonchev–Trinajstić information content (AvgIpc) is 2.47. The van der Waals surface area contributed by atoms with Gasteiger partial charge in [-0.3, -0.25) is 9.78 Å². The summed E-state index contributed by atoms with van der Waals surface area (Å²) in [4.78, 5) is 15.4. The minimum Gasteiger partial charge on any atom is -0.504 e. The van der Waals surface area contributed by atoms with Gasteiger partial charge in [-0.2, -0.15) is 0 Å². The van der Waals surface area contributed by atoms with Crippen molar-refractivity contribution >= 4 is 27.5 Å². The Morgan fingerprint density at radius 3 is 2.68 bits per heavy atom. The summed E-state index contributed by atoms with van der Waals surface area (Å²) < 4.78 is 14.3. The van der Waals surface area contributed by atoms with E-state index in [1.807, 2.05) is 0 Å². The highest BCUT2D eigenvalue weighted by Gasteiger charge is 2.13. The lowest BCUT2D eigenvalue weighted by molar-refractivity contribution is -0.114. The van der Waals surface area contributed by atoms with Crippen LogP contribution in [0.3, 0.4) is 0 Å². The van der Waals surface area contributed by atoms with Gasteiger partial charge in [0.05, 0.1) is 15.9 Å². The zero-order valence-corrected chi connectivity index (χ0v) is 13.9. The van der Waals surface area contributed by atoms with Crippen LogP contribution < -0.4 is 5.32 Å². The lowest BCUT2D eigenvalue weighted by Crippen LogP contribution is -2.11. The van der Waals surface area contributed by atoms with Gasteiger partial charge in [0.25, 0.3) is 0 Å². The summed E-state index contributed by atoms with van der Waals surface area (Å²) in [5.41, 5.74) is 2.68. The van der Waals surface area contributed by atoms with Crippen LogP contribution in [0.1, 0.15) is 23.7 Å². The summed E-state index contributed by atoms with van der Waals surface area (Å²) >= 11 is 3.08. The van der Waals surface area contributed by atoms with Gasteiger partial charge in [-0.15, -0.1) is 0 Å². The number of anilines is 1. The minimum absolute atomic E-state index is 0.176. The number of pyridine rings is 1. The van der Waals surface area contributed by atoms with Crippen LogP contribution in [-0.4, -0.2) is 16.0 Å². The zero-order chi connectivity index (χ0) is 16.3. The molecule has 2 aromatic rings. The summed E-state index contributed by atoms with van der Waals surface area (Å²) in [5.74, 6) is -1.18. The van der Waals surface area contributed by atoms with Crippen molar-refractivity contribution in [3.63, 3.8) is 0 Å². The molecule has 0 aliphatic carbocycles. The topological polar surface area (TPSA) is 62.2 Å². The number of nitrogens with one attached hydrogen (secondary N) is 1. The van der Waals surface area contributed by atoms with E-state index in [1.54, 1.807) is 31.3 Å². The van der Waals surface area contributed by atoms with Crippen molar-refractivity contribution in [2.24, 2.45) is 0 Å². The molecule has 0 aliphatic heterocycles. The smallest absolute Gasteiger partial charge is 0.221 e. The van der Waals surface area contributed by atoms with Crippen molar-refractivity contribution in [2.75, 3.05) is 5.32 Å². The maximum Gasteiger partial charge on any atom is 0.221 e. The molecule has 2 rings (SSSR count). The highest BCUT2D eigenvalue weighted by atomic mass is 79.9. The Labute approximate surface area is 136 Å². The number of phenolic OH excluding ortho intramolecular Hbond substituents is 1. The number of hydrogen-bond acceptors (Lipinski definition) is 3. The zero-order valence-electron chi connectivity index (χ0n) is 12.3. The predicted molar refractivity (Wildman–Crippen MR) is 86.5 cm³/mol. The first kappa shape index (κ1) is 16.4. The number of aryl methyl sites for hydroxylation is 3. The third kappa shape index (κ3) is 3.62. The monoisotopic (exact) mass is 366 g/mol. The van der Waals surface area contributed by atoms with Crippen molar-refractivity contribution in [1.82, 2.24) is 4.98 Å². The molecule has 2 N–H and O–H groups in total. The van der Waals surface area contributed by atoms with Gasteiger partial charge in [-0.05, 0) is 59.0 Å². The first-order chi connectivity index (χ1) is 10.4. The molecule has 0 spiro atoms. The first-order valence-electron chi connectivity index (χ1n) is 6.78. The molecule has 0 saturated heterocycles. The molecule has 0 saturated carbocycles. The highest BCUT2D eigenvalue weighted by Crippen LogP contribution is 2.30. The number of phenols is 1. The summed E-state index contributed by atoms with van der Waals surface area (Å²) in [5, 5.41) is 12.4. The molecule has 1 aromatic carbocycles. The minimum atomic E-state index is -0.624. The SMILES string of the molecule is CC(=O)Nc1c(CCc2ccc(Br)c(O)c2F)ccnc1C. The summed E-state index contributed by atoms with van der Waals surface area (Å²) in [7, 11) is 0. The van der Waals surface area contributed by atoms with Gasteiger partial charge in [0.15, 0.2) is 11.6 Å². The van der Waals surface area contributed by atoms with E-state index in [4.69, 9.17) is 0 Å². The van der Waals surface area contributed by atoms with Crippen LogP contribution in [0, 0.1) is 12.7 Å². The molecule has 1 heterocycles. The van der Waals surface area contributed by atoms with Gasteiger partial charge in [-0.25, -0.2) is 4.39 Å². The van der Waals surface area contributed by atoms with E-state index in [2.05, 4.69) is 26.2 Å². The molecule has 0 atom stereocenters. The van der Waals surface area contributed by atoms with Crippen LogP contribution in [0.5, 0.6) is 5.75 Å². The molecule has 4 nitrogen and oxygen atoms in total. The van der Waals surface area contributed by atoms with Gasteiger partial charge in [0.1, 0.15) is 0 Å².